The third-order valence-corrected chi connectivity index (χ3v) is 4.19. The molecule has 3 nitrogen and oxygen atoms in total. The van der Waals surface area contributed by atoms with E-state index in [9.17, 15) is 4.79 Å². The Labute approximate surface area is 102 Å². The maximum Gasteiger partial charge on any atom is 0.217 e. The fourth-order valence-electron chi connectivity index (χ4n) is 1.54. The fraction of sp³-hybridized carbons (Fsp3) is 0.500. The van der Waals surface area contributed by atoms with Gasteiger partial charge < -0.3 is 11.5 Å². The molecule has 2 atom stereocenters. The highest BCUT2D eigenvalue weighted by Gasteiger charge is 2.16. The summed E-state index contributed by atoms with van der Waals surface area (Å²) in [5.41, 5.74) is 11.2. The normalized spacial score (nSPS) is 14.9. The van der Waals surface area contributed by atoms with Crippen molar-refractivity contribution in [1.29, 1.82) is 0 Å². The third-order valence-electron chi connectivity index (χ3n) is 2.19. The van der Waals surface area contributed by atoms with Crippen LogP contribution in [0.25, 0.3) is 0 Å². The van der Waals surface area contributed by atoms with E-state index in [1.165, 1.54) is 0 Å². The first-order valence-corrected chi connectivity index (χ1v) is 6.44. The number of halogens is 1. The number of carbonyl (C=O) groups excluding carboxylic acids is 1. The van der Waals surface area contributed by atoms with Gasteiger partial charge in [-0.15, -0.1) is 11.3 Å². The molecule has 0 aromatic carbocycles. The van der Waals surface area contributed by atoms with Crippen molar-refractivity contribution >= 4 is 33.2 Å². The molecular formula is C10H15BrN2OS. The van der Waals surface area contributed by atoms with Crippen LogP contribution >= 0.6 is 27.3 Å². The maximum atomic E-state index is 10.7. The van der Waals surface area contributed by atoms with Crippen LogP contribution in [0.1, 0.15) is 30.7 Å². The molecule has 4 N–H and O–H groups in total. The van der Waals surface area contributed by atoms with Gasteiger partial charge in [-0.05, 0) is 39.7 Å². The van der Waals surface area contributed by atoms with E-state index in [4.69, 9.17) is 11.5 Å². The van der Waals surface area contributed by atoms with Gasteiger partial charge in [0.05, 0.1) is 0 Å². The zero-order valence-electron chi connectivity index (χ0n) is 8.57. The molecule has 0 fully saturated rings. The summed E-state index contributed by atoms with van der Waals surface area (Å²) in [6.45, 7) is 1.99. The average Bonchev–Trinajstić information content (AvgIpc) is 2.49. The molecule has 1 heterocycles. The topological polar surface area (TPSA) is 69.1 Å². The van der Waals surface area contributed by atoms with Crippen molar-refractivity contribution in [3.05, 3.63) is 20.8 Å². The van der Waals surface area contributed by atoms with Crippen molar-refractivity contribution in [3.63, 3.8) is 0 Å². The van der Waals surface area contributed by atoms with Crippen LogP contribution in [0.3, 0.4) is 0 Å². The third kappa shape index (κ3) is 3.93. The summed E-state index contributed by atoms with van der Waals surface area (Å²) in [7, 11) is 0. The zero-order valence-corrected chi connectivity index (χ0v) is 11.0. The lowest BCUT2D eigenvalue weighted by molar-refractivity contribution is -0.118. The monoisotopic (exact) mass is 290 g/mol. The number of hydrogen-bond donors (Lipinski definition) is 2. The Balaban J connectivity index is 2.52. The van der Waals surface area contributed by atoms with Crippen molar-refractivity contribution < 1.29 is 4.79 Å². The van der Waals surface area contributed by atoms with Gasteiger partial charge in [0.2, 0.25) is 5.91 Å². The Morgan fingerprint density at radius 3 is 2.80 bits per heavy atom. The summed E-state index contributed by atoms with van der Waals surface area (Å²) in [5.74, 6) is -0.0357. The Bertz CT molecular complexity index is 340. The van der Waals surface area contributed by atoms with E-state index < -0.39 is 0 Å². The molecule has 0 radical (unpaired) electrons. The predicted molar refractivity (Wildman–Crippen MR) is 66.5 cm³/mol. The summed E-state index contributed by atoms with van der Waals surface area (Å²) in [6, 6.07) is 1.97. The average molecular weight is 291 g/mol. The molecule has 0 saturated heterocycles. The van der Waals surface area contributed by atoms with E-state index in [0.29, 0.717) is 6.42 Å². The van der Waals surface area contributed by atoms with Crippen molar-refractivity contribution in [3.8, 4) is 0 Å². The quantitative estimate of drug-likeness (QED) is 0.874. The second-order valence-electron chi connectivity index (χ2n) is 3.75. The highest BCUT2D eigenvalue weighted by atomic mass is 79.9. The SMILES string of the molecule is CC(CC(N)=O)CC(N)c1sccc1Br. The second-order valence-corrected chi connectivity index (χ2v) is 5.55. The molecule has 5 heteroatoms. The molecule has 0 spiro atoms. The lowest BCUT2D eigenvalue weighted by atomic mass is 9.98. The van der Waals surface area contributed by atoms with E-state index in [0.717, 1.165) is 15.8 Å². The van der Waals surface area contributed by atoms with Gasteiger partial charge >= 0.3 is 0 Å². The maximum absolute atomic E-state index is 10.7. The molecule has 1 aromatic heterocycles. The molecule has 2 unspecified atom stereocenters. The van der Waals surface area contributed by atoms with E-state index in [1.54, 1.807) is 11.3 Å². The Morgan fingerprint density at radius 2 is 2.33 bits per heavy atom. The molecule has 84 valence electrons. The number of primary amides is 1. The van der Waals surface area contributed by atoms with Gasteiger partial charge in [0.1, 0.15) is 0 Å². The van der Waals surface area contributed by atoms with Gasteiger partial charge in [0, 0.05) is 21.8 Å². The van der Waals surface area contributed by atoms with Crippen LogP contribution in [0.4, 0.5) is 0 Å². The predicted octanol–water partition coefficient (Wildman–Crippen LogP) is 2.41. The number of rotatable bonds is 5. The molecule has 0 aliphatic rings. The number of nitrogens with two attached hydrogens (primary N) is 2. The lowest BCUT2D eigenvalue weighted by Gasteiger charge is -2.15. The van der Waals surface area contributed by atoms with Gasteiger partial charge in [0.15, 0.2) is 0 Å². The summed E-state index contributed by atoms with van der Waals surface area (Å²) in [5, 5.41) is 2.00. The van der Waals surface area contributed by atoms with Gasteiger partial charge in [0.25, 0.3) is 0 Å². The Hall–Kier alpha value is -0.390. The van der Waals surface area contributed by atoms with Gasteiger partial charge in [-0.1, -0.05) is 6.92 Å². The first-order chi connectivity index (χ1) is 7.00. The minimum atomic E-state index is -0.264. The van der Waals surface area contributed by atoms with Crippen LogP contribution in [0.5, 0.6) is 0 Å². The fourth-order valence-corrected chi connectivity index (χ4v) is 3.22. The molecule has 0 saturated carbocycles. The summed E-state index contributed by atoms with van der Waals surface area (Å²) >= 11 is 5.08. The minimum absolute atomic E-state index is 0.0197. The van der Waals surface area contributed by atoms with Crippen LogP contribution < -0.4 is 11.5 Å². The molecule has 0 bridgehead atoms. The highest BCUT2D eigenvalue weighted by molar-refractivity contribution is 9.10. The summed E-state index contributed by atoms with van der Waals surface area (Å²) in [4.78, 5) is 11.9. The minimum Gasteiger partial charge on any atom is -0.370 e. The smallest absolute Gasteiger partial charge is 0.217 e. The number of amides is 1. The molecule has 1 rings (SSSR count). The summed E-state index contributed by atoms with van der Waals surface area (Å²) in [6.07, 6.45) is 1.18. The first kappa shape index (κ1) is 12.7. The molecule has 0 aliphatic carbocycles. The first-order valence-electron chi connectivity index (χ1n) is 4.77. The lowest BCUT2D eigenvalue weighted by Crippen LogP contribution is -2.19. The van der Waals surface area contributed by atoms with Crippen molar-refractivity contribution in [1.82, 2.24) is 0 Å². The Morgan fingerprint density at radius 1 is 1.67 bits per heavy atom. The van der Waals surface area contributed by atoms with Crippen molar-refractivity contribution in [2.75, 3.05) is 0 Å². The molecule has 0 aliphatic heterocycles. The van der Waals surface area contributed by atoms with Crippen molar-refractivity contribution in [2.45, 2.75) is 25.8 Å². The van der Waals surface area contributed by atoms with Crippen LogP contribution in [0, 0.1) is 5.92 Å². The molecular weight excluding hydrogens is 276 g/mol. The Kier molecular flexibility index (Phi) is 4.76. The largest absolute Gasteiger partial charge is 0.370 e. The van der Waals surface area contributed by atoms with E-state index in [-0.39, 0.29) is 17.9 Å². The van der Waals surface area contributed by atoms with Crippen LogP contribution in [0.2, 0.25) is 0 Å². The molecule has 1 aromatic rings. The summed E-state index contributed by atoms with van der Waals surface area (Å²) < 4.78 is 1.05. The van der Waals surface area contributed by atoms with E-state index in [2.05, 4.69) is 15.9 Å². The number of carbonyl (C=O) groups is 1. The van der Waals surface area contributed by atoms with Gasteiger partial charge in [-0.2, -0.15) is 0 Å². The van der Waals surface area contributed by atoms with E-state index >= 15 is 0 Å². The number of thiophene rings is 1. The van der Waals surface area contributed by atoms with Gasteiger partial charge in [-0.25, -0.2) is 0 Å². The van der Waals surface area contributed by atoms with Crippen LogP contribution in [-0.2, 0) is 4.79 Å². The van der Waals surface area contributed by atoms with Gasteiger partial charge in [-0.3, -0.25) is 4.79 Å². The number of hydrogen-bond acceptors (Lipinski definition) is 3. The standard InChI is InChI=1S/C10H15BrN2OS/c1-6(5-9(13)14)4-8(12)10-7(11)2-3-15-10/h2-3,6,8H,4-5,12H2,1H3,(H2,13,14). The highest BCUT2D eigenvalue weighted by Crippen LogP contribution is 2.31. The van der Waals surface area contributed by atoms with Crippen LogP contribution in [-0.4, -0.2) is 5.91 Å². The van der Waals surface area contributed by atoms with Crippen molar-refractivity contribution in [2.24, 2.45) is 17.4 Å². The molecule has 15 heavy (non-hydrogen) atoms. The second kappa shape index (κ2) is 5.63. The zero-order chi connectivity index (χ0) is 11.4. The van der Waals surface area contributed by atoms with Crippen LogP contribution in [0.15, 0.2) is 15.9 Å². The van der Waals surface area contributed by atoms with E-state index in [1.807, 2.05) is 18.4 Å². The molecule has 1 amide bonds.